The largest absolute Gasteiger partial charge is 0.756 e. The van der Waals surface area contributed by atoms with E-state index in [2.05, 4.69) is 116 Å². The summed E-state index contributed by atoms with van der Waals surface area (Å²) in [7, 11) is 1.26. The molecule has 91 heavy (non-hydrogen) atoms. The van der Waals surface area contributed by atoms with Crippen molar-refractivity contribution in [3.05, 3.63) is 109 Å². The van der Waals surface area contributed by atoms with Crippen LogP contribution in [0.15, 0.2) is 109 Å². The lowest BCUT2D eigenvalue weighted by Gasteiger charge is -2.29. The molecule has 0 saturated heterocycles. The second kappa shape index (κ2) is 71.5. The average molecular weight is 1290 g/mol. The number of carbonyl (C=O) groups is 1. The summed E-state index contributed by atoms with van der Waals surface area (Å²) in [5.41, 5.74) is 0. The molecule has 0 aliphatic heterocycles. The number of phosphoric acid groups is 1. The van der Waals surface area contributed by atoms with Crippen molar-refractivity contribution in [3.8, 4) is 0 Å². The van der Waals surface area contributed by atoms with Crippen LogP contribution in [-0.2, 0) is 18.4 Å². The number of allylic oxidation sites excluding steroid dienone is 17. The normalized spacial score (nSPS) is 14.1. The Hall–Kier alpha value is -2.84. The number of nitrogens with one attached hydrogen (secondary N) is 1. The number of amides is 1. The van der Waals surface area contributed by atoms with Crippen LogP contribution in [0.1, 0.15) is 354 Å². The van der Waals surface area contributed by atoms with Crippen molar-refractivity contribution >= 4 is 13.7 Å². The highest BCUT2D eigenvalue weighted by Gasteiger charge is 2.23. The van der Waals surface area contributed by atoms with E-state index >= 15 is 0 Å². The molecule has 0 spiro atoms. The third-order valence-corrected chi connectivity index (χ3v) is 18.2. The average Bonchev–Trinajstić information content (AvgIpc) is 3.42. The third kappa shape index (κ3) is 74.4. The van der Waals surface area contributed by atoms with E-state index in [9.17, 15) is 19.4 Å². The first-order valence-corrected chi connectivity index (χ1v) is 40.2. The van der Waals surface area contributed by atoms with Gasteiger partial charge in [-0.2, -0.15) is 0 Å². The van der Waals surface area contributed by atoms with Crippen LogP contribution in [0.5, 0.6) is 0 Å². The fraction of sp³-hybridized carbons (Fsp3) is 0.768. The Labute approximate surface area is 565 Å². The zero-order valence-electron chi connectivity index (χ0n) is 60.5. The first-order chi connectivity index (χ1) is 44.5. The molecule has 0 saturated carbocycles. The molecule has 0 aromatic rings. The van der Waals surface area contributed by atoms with Gasteiger partial charge in [-0.3, -0.25) is 9.36 Å². The molecule has 0 bridgehead atoms. The van der Waals surface area contributed by atoms with Crippen molar-refractivity contribution in [3.63, 3.8) is 0 Å². The molecule has 0 aliphatic carbocycles. The summed E-state index contributed by atoms with van der Waals surface area (Å²) in [6.07, 6.45) is 105. The second-order valence-electron chi connectivity index (χ2n) is 27.3. The highest BCUT2D eigenvalue weighted by Crippen LogP contribution is 2.38. The van der Waals surface area contributed by atoms with Gasteiger partial charge in [-0.25, -0.2) is 0 Å². The zero-order chi connectivity index (χ0) is 66.2. The number of carbonyl (C=O) groups excluding carboxylic acids is 1. The van der Waals surface area contributed by atoms with Gasteiger partial charge in [0.1, 0.15) is 13.2 Å². The van der Waals surface area contributed by atoms with E-state index in [1.807, 2.05) is 27.2 Å². The Bertz CT molecular complexity index is 1860. The molecule has 0 aromatic heterocycles. The molecule has 3 unspecified atom stereocenters. The molecule has 9 heteroatoms. The van der Waals surface area contributed by atoms with Crippen molar-refractivity contribution in [2.75, 3.05) is 40.9 Å². The summed E-state index contributed by atoms with van der Waals surface area (Å²) >= 11 is 0. The molecule has 0 aromatic carbocycles. The van der Waals surface area contributed by atoms with E-state index in [1.54, 1.807) is 6.08 Å². The topological polar surface area (TPSA) is 108 Å². The minimum absolute atomic E-state index is 0.00468. The molecule has 0 heterocycles. The van der Waals surface area contributed by atoms with Crippen LogP contribution in [0, 0.1) is 0 Å². The lowest BCUT2D eigenvalue weighted by Crippen LogP contribution is -2.45. The monoisotopic (exact) mass is 1290 g/mol. The summed E-state index contributed by atoms with van der Waals surface area (Å²) in [4.78, 5) is 25.7. The van der Waals surface area contributed by atoms with E-state index in [4.69, 9.17) is 9.05 Å². The number of hydrogen-bond acceptors (Lipinski definition) is 6. The Balaban J connectivity index is 4.05. The molecule has 0 aliphatic rings. The number of hydrogen-bond donors (Lipinski definition) is 2. The first kappa shape index (κ1) is 88.2. The number of phosphoric ester groups is 1. The molecule has 0 radical (unpaired) electrons. The van der Waals surface area contributed by atoms with Gasteiger partial charge in [-0.1, -0.05) is 374 Å². The minimum Gasteiger partial charge on any atom is -0.756 e. The van der Waals surface area contributed by atoms with Crippen LogP contribution in [0.25, 0.3) is 0 Å². The Morgan fingerprint density at radius 3 is 0.978 bits per heavy atom. The first-order valence-electron chi connectivity index (χ1n) is 38.7. The van der Waals surface area contributed by atoms with Crippen molar-refractivity contribution in [2.45, 2.75) is 366 Å². The lowest BCUT2D eigenvalue weighted by atomic mass is 10.0. The van der Waals surface area contributed by atoms with Crippen molar-refractivity contribution in [1.82, 2.24) is 5.32 Å². The molecule has 3 atom stereocenters. The highest BCUT2D eigenvalue weighted by atomic mass is 31.2. The van der Waals surface area contributed by atoms with Crippen molar-refractivity contribution in [2.24, 2.45) is 0 Å². The Kier molecular flexibility index (Phi) is 69.2. The number of likely N-dealkylation sites (N-methyl/N-ethyl adjacent to an activating group) is 1. The number of aliphatic hydroxyl groups is 1. The van der Waals surface area contributed by atoms with Crippen LogP contribution in [-0.4, -0.2) is 68.5 Å². The third-order valence-electron chi connectivity index (χ3n) is 17.2. The van der Waals surface area contributed by atoms with Gasteiger partial charge in [0.15, 0.2) is 0 Å². The van der Waals surface area contributed by atoms with Crippen molar-refractivity contribution < 1.29 is 32.9 Å². The van der Waals surface area contributed by atoms with E-state index in [0.29, 0.717) is 17.4 Å². The number of aliphatic hydroxyl groups excluding tert-OH is 1. The lowest BCUT2D eigenvalue weighted by molar-refractivity contribution is -0.870. The summed E-state index contributed by atoms with van der Waals surface area (Å²) in [6, 6.07) is -0.896. The van der Waals surface area contributed by atoms with E-state index in [0.717, 1.165) is 89.9 Å². The summed E-state index contributed by atoms with van der Waals surface area (Å²) < 4.78 is 23.5. The van der Waals surface area contributed by atoms with Gasteiger partial charge in [-0.15, -0.1) is 0 Å². The SMILES string of the molecule is CC/C=C\C/C=C\C/C=C\C/C=C\C/C=C\C/C=C\C/C=C\C/C=C\CCCCCCCCCCCCCCC(=O)NC(COP(=O)([O-])OCC[N+](C)(C)C)C(O)/C=C/CCCCCCCCCCCCCCCCCCCCCCCCCCCCCCCC. The molecule has 2 N–H and O–H groups in total. The Morgan fingerprint density at radius 2 is 0.670 bits per heavy atom. The maximum absolute atomic E-state index is 13.1. The maximum atomic E-state index is 13.1. The van der Waals surface area contributed by atoms with Crippen LogP contribution in [0.2, 0.25) is 0 Å². The van der Waals surface area contributed by atoms with E-state index in [-0.39, 0.29) is 19.1 Å². The number of rotatable bonds is 71. The molecule has 0 rings (SSSR count). The second-order valence-corrected chi connectivity index (χ2v) is 28.7. The molecule has 0 fully saturated rings. The van der Waals surface area contributed by atoms with Gasteiger partial charge in [0.05, 0.1) is 39.9 Å². The molecular formula is C82H149N2O6P. The zero-order valence-corrected chi connectivity index (χ0v) is 61.4. The van der Waals surface area contributed by atoms with Gasteiger partial charge >= 0.3 is 0 Å². The molecule has 528 valence electrons. The van der Waals surface area contributed by atoms with Crippen LogP contribution >= 0.6 is 7.82 Å². The minimum atomic E-state index is -4.61. The van der Waals surface area contributed by atoms with Gasteiger partial charge in [-0.05, 0) is 83.5 Å². The smallest absolute Gasteiger partial charge is 0.268 e. The molecule has 1 amide bonds. The van der Waals surface area contributed by atoms with Crippen LogP contribution in [0.3, 0.4) is 0 Å². The Morgan fingerprint density at radius 1 is 0.396 bits per heavy atom. The number of unbranched alkanes of at least 4 members (excludes halogenated alkanes) is 42. The van der Waals surface area contributed by atoms with Crippen molar-refractivity contribution in [1.29, 1.82) is 0 Å². The van der Waals surface area contributed by atoms with Gasteiger partial charge in [0, 0.05) is 6.42 Å². The highest BCUT2D eigenvalue weighted by molar-refractivity contribution is 7.45. The van der Waals surface area contributed by atoms with Gasteiger partial charge < -0.3 is 28.8 Å². The quantitative estimate of drug-likeness (QED) is 0.0272. The predicted molar refractivity (Wildman–Crippen MR) is 399 cm³/mol. The van der Waals surface area contributed by atoms with Gasteiger partial charge in [0.25, 0.3) is 7.82 Å². The fourth-order valence-electron chi connectivity index (χ4n) is 11.3. The fourth-order valence-corrected chi connectivity index (χ4v) is 12.0. The van der Waals surface area contributed by atoms with E-state index < -0.39 is 20.0 Å². The van der Waals surface area contributed by atoms with Crippen LogP contribution in [0.4, 0.5) is 0 Å². The number of nitrogens with zero attached hydrogens (tertiary/aromatic N) is 1. The summed E-state index contributed by atoms with van der Waals surface area (Å²) in [6.45, 7) is 4.57. The van der Waals surface area contributed by atoms with Crippen LogP contribution < -0.4 is 10.2 Å². The summed E-state index contributed by atoms with van der Waals surface area (Å²) in [5.74, 6) is -0.199. The standard InChI is InChI=1S/C82H149N2O6P/c1-6-8-10-12-14-16-18-20-22-24-26-28-30-32-34-36-38-40-41-42-43-44-46-48-50-52-54-56-58-60-62-64-66-68-70-72-74-76-82(86)83-80(79-90-91(87,88)89-78-77-84(3,4)5)81(85)75-73-71-69-67-65-63-61-59-57-55-53-51-49-47-45-39-37-35-33-31-29-27-25-23-21-19-17-15-13-11-9-7-2/h8,10,14,16,20,22,26,28,32,34,38,40,42-43,46,48,73,75,80-81,85H,6-7,9,11-13,15,17-19,21,23-25,27,29-31,33,35-37,39,41,44-45,47,49-72,74,76-79H2,1-5H3,(H-,83,86,87,88)/b10-8-,16-14-,22-20-,28-26-,34-32-,40-38-,43-42-,48-46-,75-73+. The van der Waals surface area contributed by atoms with E-state index in [1.165, 1.54) is 244 Å². The van der Waals surface area contributed by atoms with Gasteiger partial charge in [0.2, 0.25) is 5.91 Å². The molecule has 8 nitrogen and oxygen atoms in total. The predicted octanol–water partition coefficient (Wildman–Crippen LogP) is 24.8. The molecular weight excluding hydrogens is 1140 g/mol. The maximum Gasteiger partial charge on any atom is 0.268 e. The summed E-state index contributed by atoms with van der Waals surface area (Å²) in [5, 5.41) is 14.0. The number of quaternary nitrogens is 1.